The number of carbonyl (C=O) groups excluding carboxylic acids is 3. The van der Waals surface area contributed by atoms with Crippen LogP contribution in [0.1, 0.15) is 81.6 Å². The number of benzene rings is 1. The van der Waals surface area contributed by atoms with Crippen molar-refractivity contribution in [3.05, 3.63) is 69.3 Å². The summed E-state index contributed by atoms with van der Waals surface area (Å²) >= 11 is 0. The van der Waals surface area contributed by atoms with Gasteiger partial charge in [-0.3, -0.25) is 4.79 Å². The third kappa shape index (κ3) is 13.1. The lowest BCUT2D eigenvalue weighted by Crippen LogP contribution is -2.43. The van der Waals surface area contributed by atoms with Gasteiger partial charge in [-0.25, -0.2) is 9.59 Å². The number of methoxy groups -OCH3 is 1. The number of rotatable bonds is 20. The van der Waals surface area contributed by atoms with E-state index in [0.29, 0.717) is 44.1 Å². The molecule has 0 heterocycles. The zero-order valence-electron chi connectivity index (χ0n) is 29.7. The van der Waals surface area contributed by atoms with Crippen LogP contribution in [-0.4, -0.2) is 89.7 Å². The highest BCUT2D eigenvalue weighted by atomic mass is 16.9. The number of nitrogens with zero attached hydrogens (tertiary/aromatic N) is 1. The fourth-order valence-corrected chi connectivity index (χ4v) is 6.26. The molecule has 51 heavy (non-hydrogen) atoms. The maximum Gasteiger partial charge on any atom is 0.342 e. The van der Waals surface area contributed by atoms with Crippen molar-refractivity contribution in [1.29, 1.82) is 0 Å². The Labute approximate surface area is 298 Å². The number of esters is 3. The van der Waals surface area contributed by atoms with E-state index in [9.17, 15) is 39.8 Å². The molecule has 2 aliphatic carbocycles. The highest BCUT2D eigenvalue weighted by molar-refractivity contribution is 5.93. The first kappa shape index (κ1) is 41.2. The van der Waals surface area contributed by atoms with E-state index >= 15 is 0 Å². The number of allylic oxidation sites excluding steroid dienone is 2. The van der Waals surface area contributed by atoms with Crippen LogP contribution in [0.5, 0.6) is 5.75 Å². The van der Waals surface area contributed by atoms with Gasteiger partial charge in [0.05, 0.1) is 44.6 Å². The maximum absolute atomic E-state index is 12.8. The highest BCUT2D eigenvalue weighted by Crippen LogP contribution is 2.44. The van der Waals surface area contributed by atoms with Crippen LogP contribution in [0.3, 0.4) is 0 Å². The molecule has 282 valence electrons. The molecular weight excluding hydrogens is 666 g/mol. The number of carbonyl (C=O) groups is 3. The molecule has 0 amide bonds. The molecule has 0 saturated carbocycles. The van der Waals surface area contributed by atoms with Gasteiger partial charge in [-0.1, -0.05) is 45.1 Å². The van der Waals surface area contributed by atoms with E-state index in [1.807, 2.05) is 26.0 Å². The summed E-state index contributed by atoms with van der Waals surface area (Å²) in [6, 6.07) is 4.56. The minimum Gasteiger partial charge on any atom is -0.496 e. The van der Waals surface area contributed by atoms with Crippen LogP contribution in [0, 0.1) is 33.8 Å². The Balaban J connectivity index is 1.48. The standard InChI is InChI=1S/C37H51NO13/c1-5-23(2)36(43)51-33-21-28(40)19-26-11-8-24(3)30(35(26)33)14-12-27(39)20-29(41)22-49-37(44)31-13-9-25(18-32(31)47-4)10-15-34(42)48-16-6-7-17-50-38(45)46/h8-11,13,15,18-19,23-24,27-30,33,35,39-41H,5-7,12,14,16-17,20-22H2,1-4H3/b15-10+/t23-,24-,27?,28+,29-,30-,33-,35-/m0/s1. The van der Waals surface area contributed by atoms with Crippen molar-refractivity contribution >= 4 is 24.0 Å². The Morgan fingerprint density at radius 2 is 1.86 bits per heavy atom. The minimum atomic E-state index is -1.13. The summed E-state index contributed by atoms with van der Waals surface area (Å²) in [4.78, 5) is 51.8. The van der Waals surface area contributed by atoms with Crippen molar-refractivity contribution in [2.24, 2.45) is 23.7 Å². The van der Waals surface area contributed by atoms with Crippen molar-refractivity contribution in [2.75, 3.05) is 26.9 Å². The Hall–Kier alpha value is -4.27. The van der Waals surface area contributed by atoms with Gasteiger partial charge in [-0.15, -0.1) is 10.1 Å². The number of aliphatic hydroxyl groups is 3. The van der Waals surface area contributed by atoms with Crippen molar-refractivity contribution < 1.29 is 58.6 Å². The Morgan fingerprint density at radius 3 is 2.57 bits per heavy atom. The number of ether oxygens (including phenoxy) is 4. The molecule has 2 aliphatic rings. The van der Waals surface area contributed by atoms with Gasteiger partial charge >= 0.3 is 17.9 Å². The van der Waals surface area contributed by atoms with E-state index in [0.717, 1.165) is 5.57 Å². The fourth-order valence-electron chi connectivity index (χ4n) is 6.26. The monoisotopic (exact) mass is 717 g/mol. The zero-order valence-corrected chi connectivity index (χ0v) is 29.7. The first-order valence-electron chi connectivity index (χ1n) is 17.4. The summed E-state index contributed by atoms with van der Waals surface area (Å²) in [5.74, 6) is -1.65. The molecule has 0 saturated heterocycles. The molecule has 0 radical (unpaired) electrons. The molecule has 1 unspecified atom stereocenters. The largest absolute Gasteiger partial charge is 0.496 e. The van der Waals surface area contributed by atoms with Crippen LogP contribution < -0.4 is 4.74 Å². The van der Waals surface area contributed by atoms with Crippen molar-refractivity contribution in [3.8, 4) is 5.75 Å². The van der Waals surface area contributed by atoms with Crippen LogP contribution in [0.15, 0.2) is 48.1 Å². The van der Waals surface area contributed by atoms with Gasteiger partial charge in [0.2, 0.25) is 0 Å². The predicted molar refractivity (Wildman–Crippen MR) is 185 cm³/mol. The van der Waals surface area contributed by atoms with Crippen molar-refractivity contribution in [1.82, 2.24) is 0 Å². The molecule has 14 heteroatoms. The fraction of sp³-hybridized carbons (Fsp3) is 0.595. The number of aliphatic hydroxyl groups excluding tert-OH is 3. The number of unbranched alkanes of at least 4 members (excludes halogenated alkanes) is 1. The summed E-state index contributed by atoms with van der Waals surface area (Å²) in [5.41, 5.74) is 1.57. The summed E-state index contributed by atoms with van der Waals surface area (Å²) in [5, 5.41) is 41.1. The first-order valence-corrected chi connectivity index (χ1v) is 17.4. The SMILES string of the molecule is CC[C@H](C)C(=O)O[C@H]1C[C@H](O)C=C2C=C[C@H](C)[C@H](CCC(O)C[C@H](O)COC(=O)c3ccc(/C=C/C(=O)OCCCCO[N+](=O)[O-])cc3OC)[C@H]21. The number of fused-ring (bicyclic) bond motifs is 1. The molecule has 0 bridgehead atoms. The molecule has 1 aromatic rings. The molecule has 3 rings (SSSR count). The number of hydrogen-bond acceptors (Lipinski definition) is 13. The molecule has 14 nitrogen and oxygen atoms in total. The summed E-state index contributed by atoms with van der Waals surface area (Å²) in [7, 11) is 1.37. The third-order valence-corrected chi connectivity index (χ3v) is 9.28. The third-order valence-electron chi connectivity index (χ3n) is 9.28. The molecule has 0 spiro atoms. The highest BCUT2D eigenvalue weighted by Gasteiger charge is 2.42. The average molecular weight is 718 g/mol. The summed E-state index contributed by atoms with van der Waals surface area (Å²) in [6.07, 6.45) is 7.98. The number of hydrogen-bond donors (Lipinski definition) is 3. The van der Waals surface area contributed by atoms with Crippen LogP contribution >= 0.6 is 0 Å². The van der Waals surface area contributed by atoms with Crippen LogP contribution in [-0.2, 0) is 28.6 Å². The van der Waals surface area contributed by atoms with E-state index in [-0.39, 0.29) is 67.2 Å². The maximum atomic E-state index is 12.8. The van der Waals surface area contributed by atoms with Gasteiger partial charge in [-0.2, -0.15) is 0 Å². The van der Waals surface area contributed by atoms with E-state index in [1.165, 1.54) is 31.4 Å². The molecule has 1 aromatic carbocycles. The van der Waals surface area contributed by atoms with E-state index < -0.39 is 41.4 Å². The van der Waals surface area contributed by atoms with Gasteiger partial charge in [-0.05, 0) is 73.3 Å². The molecule has 3 N–H and O–H groups in total. The Bertz CT molecular complexity index is 1420. The lowest BCUT2D eigenvalue weighted by Gasteiger charge is -2.43. The topological polar surface area (TPSA) is 201 Å². The summed E-state index contributed by atoms with van der Waals surface area (Å²) in [6.45, 7) is 5.46. The zero-order chi connectivity index (χ0) is 37.5. The second-order valence-corrected chi connectivity index (χ2v) is 13.1. The Kier molecular flexibility index (Phi) is 16.6. The minimum absolute atomic E-state index is 0.0215. The first-order chi connectivity index (χ1) is 24.3. The van der Waals surface area contributed by atoms with Gasteiger partial charge in [0, 0.05) is 24.8 Å². The lowest BCUT2D eigenvalue weighted by molar-refractivity contribution is -0.757. The Morgan fingerprint density at radius 1 is 1.12 bits per heavy atom. The molecular formula is C37H51NO13. The molecule has 0 fully saturated rings. The van der Waals surface area contributed by atoms with E-state index in [2.05, 4.69) is 17.8 Å². The van der Waals surface area contributed by atoms with Gasteiger partial charge in [0.25, 0.3) is 5.09 Å². The van der Waals surface area contributed by atoms with Gasteiger partial charge in [0.1, 0.15) is 24.0 Å². The molecule has 0 aromatic heterocycles. The van der Waals surface area contributed by atoms with Crippen LogP contribution in [0.25, 0.3) is 6.08 Å². The van der Waals surface area contributed by atoms with Crippen LogP contribution in [0.2, 0.25) is 0 Å². The molecule has 8 atom stereocenters. The van der Waals surface area contributed by atoms with E-state index in [4.69, 9.17) is 18.9 Å². The second-order valence-electron chi connectivity index (χ2n) is 13.1. The predicted octanol–water partition coefficient (Wildman–Crippen LogP) is 4.38. The smallest absolute Gasteiger partial charge is 0.342 e. The van der Waals surface area contributed by atoms with Gasteiger partial charge < -0.3 is 39.1 Å². The average Bonchev–Trinajstić information content (AvgIpc) is 3.10. The van der Waals surface area contributed by atoms with Crippen molar-refractivity contribution in [3.63, 3.8) is 0 Å². The second kappa shape index (κ2) is 20.5. The quantitative estimate of drug-likeness (QED) is 0.0429. The van der Waals surface area contributed by atoms with Gasteiger partial charge in [0.15, 0.2) is 0 Å². The lowest BCUT2D eigenvalue weighted by atomic mass is 9.66. The summed E-state index contributed by atoms with van der Waals surface area (Å²) < 4.78 is 21.6. The molecule has 0 aliphatic heterocycles. The van der Waals surface area contributed by atoms with Crippen molar-refractivity contribution in [2.45, 2.75) is 90.1 Å². The van der Waals surface area contributed by atoms with Crippen LogP contribution in [0.4, 0.5) is 0 Å². The normalized spacial score (nSPS) is 23.0. The van der Waals surface area contributed by atoms with E-state index in [1.54, 1.807) is 6.07 Å².